The van der Waals surface area contributed by atoms with E-state index in [1.54, 1.807) is 0 Å². The third kappa shape index (κ3) is 2.97. The average molecular weight is 237 g/mol. The number of aliphatic imine (C=N–C) groups is 1. The molecule has 0 bridgehead atoms. The number of Topliss-reactive ketones (excluding diaryl/α,β-unsaturated/α-hetero) is 1. The summed E-state index contributed by atoms with van der Waals surface area (Å²) >= 11 is 0. The van der Waals surface area contributed by atoms with E-state index in [-0.39, 0.29) is 22.8 Å². The maximum Gasteiger partial charge on any atom is 0.182 e. The predicted molar refractivity (Wildman–Crippen MR) is 73.5 cm³/mol. The zero-order chi connectivity index (χ0) is 13.4. The molecule has 0 radical (unpaired) electrons. The number of rotatable bonds is 2. The molecule has 0 N–H and O–H groups in total. The Hall–Kier alpha value is -0.660. The lowest BCUT2D eigenvalue weighted by Gasteiger charge is -2.36. The first-order chi connectivity index (χ1) is 7.59. The summed E-state index contributed by atoms with van der Waals surface area (Å²) in [5.41, 5.74) is 0.879. The largest absolute Gasteiger partial charge is 0.292 e. The molecule has 2 nitrogen and oxygen atoms in total. The van der Waals surface area contributed by atoms with Crippen LogP contribution < -0.4 is 0 Å². The number of ketones is 1. The van der Waals surface area contributed by atoms with Gasteiger partial charge in [0.2, 0.25) is 0 Å². The van der Waals surface area contributed by atoms with E-state index in [2.05, 4.69) is 48.5 Å². The van der Waals surface area contributed by atoms with Gasteiger partial charge in [-0.1, -0.05) is 54.9 Å². The van der Waals surface area contributed by atoms with Crippen molar-refractivity contribution in [1.82, 2.24) is 0 Å². The van der Waals surface area contributed by atoms with Crippen LogP contribution in [-0.4, -0.2) is 17.5 Å². The van der Waals surface area contributed by atoms with E-state index in [1.807, 2.05) is 0 Å². The van der Waals surface area contributed by atoms with Crippen molar-refractivity contribution in [2.75, 3.05) is 0 Å². The normalized spacial score (nSPS) is 26.3. The summed E-state index contributed by atoms with van der Waals surface area (Å²) in [6.45, 7) is 15.1. The molecule has 1 aliphatic rings. The van der Waals surface area contributed by atoms with E-state index in [4.69, 9.17) is 4.99 Å². The first kappa shape index (κ1) is 14.4. The monoisotopic (exact) mass is 237 g/mol. The highest BCUT2D eigenvalue weighted by molar-refractivity contribution is 6.42. The number of hydrogen-bond acceptors (Lipinski definition) is 2. The van der Waals surface area contributed by atoms with Crippen LogP contribution >= 0.6 is 0 Å². The Morgan fingerprint density at radius 3 is 1.88 bits per heavy atom. The van der Waals surface area contributed by atoms with E-state index in [1.165, 1.54) is 0 Å². The van der Waals surface area contributed by atoms with Crippen molar-refractivity contribution >= 4 is 11.5 Å². The van der Waals surface area contributed by atoms with Crippen LogP contribution in [0.4, 0.5) is 0 Å². The molecule has 1 rings (SSSR count). The Morgan fingerprint density at radius 2 is 1.59 bits per heavy atom. The minimum atomic E-state index is -0.00593. The molecule has 0 aromatic carbocycles. The van der Waals surface area contributed by atoms with Crippen molar-refractivity contribution in [3.8, 4) is 0 Å². The van der Waals surface area contributed by atoms with Crippen LogP contribution in [-0.2, 0) is 4.79 Å². The molecule has 0 fully saturated rings. The summed E-state index contributed by atoms with van der Waals surface area (Å²) in [4.78, 5) is 17.2. The highest BCUT2D eigenvalue weighted by Gasteiger charge is 2.48. The highest BCUT2D eigenvalue weighted by atomic mass is 16.1. The average Bonchev–Trinajstić information content (AvgIpc) is 2.43. The summed E-state index contributed by atoms with van der Waals surface area (Å²) in [7, 11) is 0. The molecule has 2 heteroatoms. The molecule has 17 heavy (non-hydrogen) atoms. The standard InChI is InChI=1S/C15H27NO/c1-8-9-10-12(17)11(14(2,3)4)13(16-10)15(5,6)7/h11,13H,8-9H2,1-7H3. The van der Waals surface area contributed by atoms with Gasteiger partial charge < -0.3 is 0 Å². The third-order valence-corrected chi connectivity index (χ3v) is 3.48. The molecule has 1 heterocycles. The van der Waals surface area contributed by atoms with Crippen molar-refractivity contribution in [2.24, 2.45) is 21.7 Å². The van der Waals surface area contributed by atoms with Crippen LogP contribution in [0.15, 0.2) is 4.99 Å². The number of carbonyl (C=O) groups is 1. The van der Waals surface area contributed by atoms with Crippen molar-refractivity contribution in [3.63, 3.8) is 0 Å². The molecule has 0 aromatic rings. The van der Waals surface area contributed by atoms with Crippen LogP contribution in [0, 0.1) is 16.7 Å². The minimum absolute atomic E-state index is 0.00593. The summed E-state index contributed by atoms with van der Waals surface area (Å²) < 4.78 is 0. The summed E-state index contributed by atoms with van der Waals surface area (Å²) in [5.74, 6) is 0.336. The van der Waals surface area contributed by atoms with Crippen molar-refractivity contribution < 1.29 is 4.79 Å². The summed E-state index contributed by atoms with van der Waals surface area (Å²) in [6.07, 6.45) is 1.83. The van der Waals surface area contributed by atoms with Crippen LogP contribution in [0.2, 0.25) is 0 Å². The van der Waals surface area contributed by atoms with E-state index in [0.29, 0.717) is 5.78 Å². The van der Waals surface area contributed by atoms with Gasteiger partial charge in [0.15, 0.2) is 5.78 Å². The molecule has 0 amide bonds. The molecule has 0 saturated carbocycles. The number of carbonyl (C=O) groups excluding carboxylic acids is 1. The Morgan fingerprint density at radius 1 is 1.06 bits per heavy atom. The minimum Gasteiger partial charge on any atom is -0.292 e. The molecule has 98 valence electrons. The van der Waals surface area contributed by atoms with Crippen LogP contribution in [0.1, 0.15) is 61.3 Å². The van der Waals surface area contributed by atoms with Gasteiger partial charge in [0.05, 0.1) is 17.7 Å². The molecule has 2 atom stereocenters. The maximum atomic E-state index is 12.5. The SMILES string of the molecule is CCCC1=NC(C(C)(C)C)C(C(C)(C)C)C1=O. The molecule has 0 saturated heterocycles. The molecule has 0 aromatic heterocycles. The third-order valence-electron chi connectivity index (χ3n) is 3.48. The zero-order valence-corrected chi connectivity index (χ0v) is 12.4. The van der Waals surface area contributed by atoms with Crippen molar-refractivity contribution in [2.45, 2.75) is 67.3 Å². The van der Waals surface area contributed by atoms with Crippen LogP contribution in [0.3, 0.4) is 0 Å². The second-order valence-corrected chi connectivity index (χ2v) is 7.34. The van der Waals surface area contributed by atoms with Gasteiger partial charge in [-0.15, -0.1) is 0 Å². The maximum absolute atomic E-state index is 12.5. The lowest BCUT2D eigenvalue weighted by molar-refractivity contribution is -0.120. The Bertz CT molecular complexity index is 328. The topological polar surface area (TPSA) is 29.4 Å². The van der Waals surface area contributed by atoms with E-state index in [0.717, 1.165) is 18.6 Å². The van der Waals surface area contributed by atoms with Gasteiger partial charge in [-0.25, -0.2) is 0 Å². The van der Waals surface area contributed by atoms with E-state index in [9.17, 15) is 4.79 Å². The predicted octanol–water partition coefficient (Wildman–Crippen LogP) is 3.89. The van der Waals surface area contributed by atoms with Gasteiger partial charge in [-0.2, -0.15) is 0 Å². The van der Waals surface area contributed by atoms with Crippen LogP contribution in [0.5, 0.6) is 0 Å². The van der Waals surface area contributed by atoms with E-state index >= 15 is 0 Å². The van der Waals surface area contributed by atoms with Crippen LogP contribution in [0.25, 0.3) is 0 Å². The molecular weight excluding hydrogens is 210 g/mol. The van der Waals surface area contributed by atoms with Crippen molar-refractivity contribution in [3.05, 3.63) is 0 Å². The Kier molecular flexibility index (Phi) is 3.85. The smallest absolute Gasteiger partial charge is 0.182 e. The van der Waals surface area contributed by atoms with E-state index < -0.39 is 0 Å². The molecule has 0 spiro atoms. The van der Waals surface area contributed by atoms with Gasteiger partial charge in [0.1, 0.15) is 0 Å². The van der Waals surface area contributed by atoms with Crippen molar-refractivity contribution in [1.29, 1.82) is 0 Å². The second kappa shape index (κ2) is 4.55. The zero-order valence-electron chi connectivity index (χ0n) is 12.4. The number of nitrogens with zero attached hydrogens (tertiary/aromatic N) is 1. The fourth-order valence-electron chi connectivity index (χ4n) is 2.61. The lowest BCUT2D eigenvalue weighted by atomic mass is 9.68. The molecular formula is C15H27NO. The first-order valence-corrected chi connectivity index (χ1v) is 6.70. The van der Waals surface area contributed by atoms with Gasteiger partial charge >= 0.3 is 0 Å². The fraction of sp³-hybridized carbons (Fsp3) is 0.867. The number of hydrogen-bond donors (Lipinski definition) is 0. The Balaban J connectivity index is 3.10. The molecule has 1 aliphatic heterocycles. The second-order valence-electron chi connectivity index (χ2n) is 7.34. The van der Waals surface area contributed by atoms with Gasteiger partial charge in [0.25, 0.3) is 0 Å². The highest BCUT2D eigenvalue weighted by Crippen LogP contribution is 2.42. The quantitative estimate of drug-likeness (QED) is 0.716. The summed E-state index contributed by atoms with van der Waals surface area (Å²) in [6, 6.07) is 0.136. The molecule has 0 aliphatic carbocycles. The van der Waals surface area contributed by atoms with Gasteiger partial charge in [-0.05, 0) is 17.3 Å². The van der Waals surface area contributed by atoms with Gasteiger partial charge in [0, 0.05) is 0 Å². The molecule has 2 unspecified atom stereocenters. The lowest BCUT2D eigenvalue weighted by Crippen LogP contribution is -2.41. The summed E-state index contributed by atoms with van der Waals surface area (Å²) in [5, 5.41) is 0. The Labute approximate surface area is 106 Å². The van der Waals surface area contributed by atoms with Gasteiger partial charge in [-0.3, -0.25) is 9.79 Å². The fourth-order valence-corrected chi connectivity index (χ4v) is 2.61. The first-order valence-electron chi connectivity index (χ1n) is 6.70.